The number of hydrogen-bond donors (Lipinski definition) is 1. The van der Waals surface area contributed by atoms with Gasteiger partial charge in [-0.15, -0.1) is 0 Å². The molecule has 1 rings (SSSR count). The highest BCUT2D eigenvalue weighted by Gasteiger charge is 2.06. The van der Waals surface area contributed by atoms with Crippen LogP contribution in [0.2, 0.25) is 0 Å². The molecule has 0 fully saturated rings. The number of hydrogen-bond acceptors (Lipinski definition) is 2. The first-order valence-corrected chi connectivity index (χ1v) is 4.19. The van der Waals surface area contributed by atoms with Crippen molar-refractivity contribution in [3.8, 4) is 0 Å². The standard InChI is InChI=1S/C10H8ClNO2/c1-6(10(12)14)7-2-4-8(5-3-7)9(11)13/h2-5H,1H2,(H2,12,14). The van der Waals surface area contributed by atoms with Crippen molar-refractivity contribution in [1.29, 1.82) is 0 Å². The Hall–Kier alpha value is -1.61. The molecule has 1 aromatic carbocycles. The van der Waals surface area contributed by atoms with Crippen molar-refractivity contribution in [3.63, 3.8) is 0 Å². The molecule has 1 aromatic rings. The molecular weight excluding hydrogens is 202 g/mol. The number of carbonyl (C=O) groups is 2. The predicted molar refractivity (Wildman–Crippen MR) is 54.9 cm³/mol. The monoisotopic (exact) mass is 209 g/mol. The minimum atomic E-state index is -0.588. The maximum absolute atomic E-state index is 10.7. The highest BCUT2D eigenvalue weighted by Crippen LogP contribution is 2.13. The van der Waals surface area contributed by atoms with E-state index in [4.69, 9.17) is 17.3 Å². The minimum absolute atomic E-state index is 0.207. The van der Waals surface area contributed by atoms with Crippen LogP contribution in [0.15, 0.2) is 30.8 Å². The second kappa shape index (κ2) is 4.07. The van der Waals surface area contributed by atoms with E-state index in [-0.39, 0.29) is 5.57 Å². The van der Waals surface area contributed by atoms with Crippen molar-refractivity contribution in [1.82, 2.24) is 0 Å². The summed E-state index contributed by atoms with van der Waals surface area (Å²) in [6, 6.07) is 6.17. The summed E-state index contributed by atoms with van der Waals surface area (Å²) in [5.74, 6) is -0.588. The highest BCUT2D eigenvalue weighted by atomic mass is 35.5. The summed E-state index contributed by atoms with van der Waals surface area (Å²) < 4.78 is 0. The summed E-state index contributed by atoms with van der Waals surface area (Å²) in [5.41, 5.74) is 6.19. The Kier molecular flexibility index (Phi) is 3.04. The maximum Gasteiger partial charge on any atom is 0.252 e. The molecule has 14 heavy (non-hydrogen) atoms. The molecule has 72 valence electrons. The maximum atomic E-state index is 10.7. The average Bonchev–Trinajstić information content (AvgIpc) is 2.16. The van der Waals surface area contributed by atoms with Gasteiger partial charge in [-0.3, -0.25) is 9.59 Å². The fourth-order valence-electron chi connectivity index (χ4n) is 0.945. The first-order valence-electron chi connectivity index (χ1n) is 3.81. The van der Waals surface area contributed by atoms with E-state index in [0.717, 1.165) is 0 Å². The molecule has 4 heteroatoms. The molecule has 0 heterocycles. The fourth-order valence-corrected chi connectivity index (χ4v) is 1.07. The number of rotatable bonds is 3. The lowest BCUT2D eigenvalue weighted by Gasteiger charge is -2.01. The topological polar surface area (TPSA) is 60.2 Å². The molecular formula is C10H8ClNO2. The third-order valence-corrected chi connectivity index (χ3v) is 1.98. The van der Waals surface area contributed by atoms with Gasteiger partial charge in [0.05, 0.1) is 0 Å². The van der Waals surface area contributed by atoms with Gasteiger partial charge in [-0.05, 0) is 29.3 Å². The Morgan fingerprint density at radius 1 is 1.14 bits per heavy atom. The van der Waals surface area contributed by atoms with Crippen LogP contribution in [-0.4, -0.2) is 11.1 Å². The molecule has 0 atom stereocenters. The van der Waals surface area contributed by atoms with E-state index in [1.807, 2.05) is 0 Å². The normalized spacial score (nSPS) is 9.50. The quantitative estimate of drug-likeness (QED) is 0.607. The molecule has 0 spiro atoms. The van der Waals surface area contributed by atoms with Gasteiger partial charge in [-0.2, -0.15) is 0 Å². The lowest BCUT2D eigenvalue weighted by molar-refractivity contribution is -0.112. The molecule has 3 nitrogen and oxygen atoms in total. The van der Waals surface area contributed by atoms with E-state index in [2.05, 4.69) is 6.58 Å². The Morgan fingerprint density at radius 2 is 1.57 bits per heavy atom. The van der Waals surface area contributed by atoms with Crippen molar-refractivity contribution >= 4 is 28.3 Å². The summed E-state index contributed by atoms with van der Waals surface area (Å²) in [4.78, 5) is 21.5. The van der Waals surface area contributed by atoms with Crippen molar-refractivity contribution in [3.05, 3.63) is 42.0 Å². The van der Waals surface area contributed by atoms with E-state index in [1.54, 1.807) is 12.1 Å². The summed E-state index contributed by atoms with van der Waals surface area (Å²) >= 11 is 5.24. The van der Waals surface area contributed by atoms with Gasteiger partial charge in [0.25, 0.3) is 5.24 Å². The molecule has 2 N–H and O–H groups in total. The molecule has 1 amide bonds. The zero-order valence-electron chi connectivity index (χ0n) is 7.29. The van der Waals surface area contributed by atoms with E-state index in [0.29, 0.717) is 11.1 Å². The van der Waals surface area contributed by atoms with Crippen LogP contribution in [0.3, 0.4) is 0 Å². The van der Waals surface area contributed by atoms with Crippen LogP contribution in [0.5, 0.6) is 0 Å². The summed E-state index contributed by atoms with van der Waals surface area (Å²) in [7, 11) is 0. The van der Waals surface area contributed by atoms with E-state index in [1.165, 1.54) is 12.1 Å². The van der Waals surface area contributed by atoms with E-state index < -0.39 is 11.1 Å². The SMILES string of the molecule is C=C(C(N)=O)c1ccc(C(=O)Cl)cc1. The number of amides is 1. The summed E-state index contributed by atoms with van der Waals surface area (Å²) in [6.45, 7) is 3.51. The number of carbonyl (C=O) groups excluding carboxylic acids is 2. The van der Waals surface area contributed by atoms with Gasteiger partial charge in [0.2, 0.25) is 5.91 Å². The predicted octanol–water partition coefficient (Wildman–Crippen LogP) is 1.56. The number of nitrogens with two attached hydrogens (primary N) is 1. The third-order valence-electron chi connectivity index (χ3n) is 1.76. The van der Waals surface area contributed by atoms with Crippen LogP contribution in [0.4, 0.5) is 0 Å². The number of primary amides is 1. The zero-order valence-corrected chi connectivity index (χ0v) is 8.04. The second-order valence-electron chi connectivity index (χ2n) is 2.69. The Morgan fingerprint density at radius 3 is 1.93 bits per heavy atom. The Balaban J connectivity index is 3.00. The smallest absolute Gasteiger partial charge is 0.252 e. The van der Waals surface area contributed by atoms with Gasteiger partial charge >= 0.3 is 0 Å². The van der Waals surface area contributed by atoms with Crippen LogP contribution in [-0.2, 0) is 4.79 Å². The molecule has 0 saturated carbocycles. The number of halogens is 1. The van der Waals surface area contributed by atoms with E-state index in [9.17, 15) is 9.59 Å². The summed E-state index contributed by atoms with van der Waals surface area (Å²) in [5, 5.41) is -0.541. The second-order valence-corrected chi connectivity index (χ2v) is 3.04. The average molecular weight is 210 g/mol. The zero-order chi connectivity index (χ0) is 10.7. The Labute approximate surface area is 86.2 Å². The van der Waals surface area contributed by atoms with Crippen LogP contribution >= 0.6 is 11.6 Å². The van der Waals surface area contributed by atoms with Crippen molar-refractivity contribution in [2.24, 2.45) is 5.73 Å². The van der Waals surface area contributed by atoms with E-state index >= 15 is 0 Å². The first-order chi connectivity index (χ1) is 6.52. The molecule has 0 saturated heterocycles. The van der Waals surface area contributed by atoms with Crippen molar-refractivity contribution in [2.45, 2.75) is 0 Å². The van der Waals surface area contributed by atoms with Crippen LogP contribution in [0, 0.1) is 0 Å². The molecule has 0 aromatic heterocycles. The molecule has 0 aliphatic heterocycles. The number of benzene rings is 1. The van der Waals surface area contributed by atoms with Crippen molar-refractivity contribution in [2.75, 3.05) is 0 Å². The third kappa shape index (κ3) is 2.20. The van der Waals surface area contributed by atoms with Gasteiger partial charge in [0.15, 0.2) is 0 Å². The molecule has 0 radical (unpaired) electrons. The fraction of sp³-hybridized carbons (Fsp3) is 0. The molecule has 0 unspecified atom stereocenters. The molecule has 0 bridgehead atoms. The lowest BCUT2D eigenvalue weighted by atomic mass is 10.1. The van der Waals surface area contributed by atoms with Gasteiger partial charge in [0, 0.05) is 11.1 Å². The first kappa shape index (κ1) is 10.5. The van der Waals surface area contributed by atoms with Gasteiger partial charge in [-0.25, -0.2) is 0 Å². The minimum Gasteiger partial charge on any atom is -0.366 e. The lowest BCUT2D eigenvalue weighted by Crippen LogP contribution is -2.11. The van der Waals surface area contributed by atoms with Gasteiger partial charge in [0.1, 0.15) is 0 Å². The van der Waals surface area contributed by atoms with Gasteiger partial charge in [-0.1, -0.05) is 18.7 Å². The molecule has 0 aliphatic carbocycles. The van der Waals surface area contributed by atoms with Crippen LogP contribution in [0.1, 0.15) is 15.9 Å². The van der Waals surface area contributed by atoms with Crippen molar-refractivity contribution < 1.29 is 9.59 Å². The van der Waals surface area contributed by atoms with Crippen LogP contribution < -0.4 is 5.73 Å². The van der Waals surface area contributed by atoms with Gasteiger partial charge < -0.3 is 5.73 Å². The highest BCUT2D eigenvalue weighted by molar-refractivity contribution is 6.67. The largest absolute Gasteiger partial charge is 0.366 e. The van der Waals surface area contributed by atoms with Crippen LogP contribution in [0.25, 0.3) is 5.57 Å². The molecule has 0 aliphatic rings. The Bertz CT molecular complexity index is 395. The summed E-state index contributed by atoms with van der Waals surface area (Å²) in [6.07, 6.45) is 0.